The monoisotopic (exact) mass is 306 g/mol. The Hall–Kier alpha value is -2.33. The lowest BCUT2D eigenvalue weighted by Gasteiger charge is -2.09. The summed E-state index contributed by atoms with van der Waals surface area (Å²) < 4.78 is 22.7. The molecule has 1 aliphatic heterocycles. The molecule has 0 aliphatic carbocycles. The molecule has 1 atom stereocenters. The molecule has 0 spiro atoms. The van der Waals surface area contributed by atoms with E-state index in [1.54, 1.807) is 18.2 Å². The molecule has 2 N–H and O–H groups in total. The first-order chi connectivity index (χ1) is 9.89. The minimum atomic E-state index is -3.08. The van der Waals surface area contributed by atoms with Crippen LogP contribution in [0, 0.1) is 11.3 Å². The summed E-state index contributed by atoms with van der Waals surface area (Å²) in [5.41, 5.74) is 0.489. The third kappa shape index (κ3) is 4.07. The maximum absolute atomic E-state index is 12.0. The normalized spacial score (nSPS) is 20.7. The standard InChI is InChI=1S/C14H14N2O4S/c15-8-11(7-10-1-3-13(17)4-2-10)14(18)16-12-5-6-21(19,20)9-12/h1-4,7,12,17H,5-6,9H2,(H,16,18)/b11-7+. The van der Waals surface area contributed by atoms with Crippen molar-refractivity contribution >= 4 is 21.8 Å². The molecule has 1 aromatic rings. The Balaban J connectivity index is 2.09. The number of sulfone groups is 1. The number of benzene rings is 1. The van der Waals surface area contributed by atoms with E-state index in [0.29, 0.717) is 12.0 Å². The van der Waals surface area contributed by atoms with E-state index in [0.717, 1.165) is 0 Å². The Morgan fingerprint density at radius 3 is 2.57 bits per heavy atom. The average Bonchev–Trinajstić information content (AvgIpc) is 2.77. The third-order valence-electron chi connectivity index (χ3n) is 3.14. The molecule has 0 bridgehead atoms. The van der Waals surface area contributed by atoms with Crippen molar-refractivity contribution in [1.82, 2.24) is 5.32 Å². The molecule has 6 nitrogen and oxygen atoms in total. The second-order valence-electron chi connectivity index (χ2n) is 4.83. The van der Waals surface area contributed by atoms with Crippen LogP contribution in [-0.2, 0) is 14.6 Å². The first kappa shape index (κ1) is 15.1. The van der Waals surface area contributed by atoms with Crippen LogP contribution in [0.2, 0.25) is 0 Å². The highest BCUT2D eigenvalue weighted by Gasteiger charge is 2.29. The summed E-state index contributed by atoms with van der Waals surface area (Å²) in [6, 6.07) is 7.38. The molecule has 110 valence electrons. The van der Waals surface area contributed by atoms with Gasteiger partial charge in [-0.3, -0.25) is 4.79 Å². The molecule has 1 saturated heterocycles. The van der Waals surface area contributed by atoms with Crippen molar-refractivity contribution in [2.45, 2.75) is 12.5 Å². The van der Waals surface area contributed by atoms with E-state index in [1.165, 1.54) is 18.2 Å². The summed E-state index contributed by atoms with van der Waals surface area (Å²) in [5, 5.41) is 20.8. The van der Waals surface area contributed by atoms with Gasteiger partial charge in [-0.2, -0.15) is 5.26 Å². The van der Waals surface area contributed by atoms with E-state index < -0.39 is 21.8 Å². The molecule has 1 aromatic carbocycles. The van der Waals surface area contributed by atoms with E-state index in [4.69, 9.17) is 5.26 Å². The Morgan fingerprint density at radius 2 is 2.05 bits per heavy atom. The number of aromatic hydroxyl groups is 1. The summed E-state index contributed by atoms with van der Waals surface area (Å²) in [6.07, 6.45) is 1.75. The number of hydrogen-bond donors (Lipinski definition) is 2. The largest absolute Gasteiger partial charge is 0.508 e. The molecule has 0 aromatic heterocycles. The van der Waals surface area contributed by atoms with Gasteiger partial charge in [0.05, 0.1) is 11.5 Å². The maximum atomic E-state index is 12.0. The fourth-order valence-corrected chi connectivity index (χ4v) is 3.73. The highest BCUT2D eigenvalue weighted by Crippen LogP contribution is 2.14. The highest BCUT2D eigenvalue weighted by atomic mass is 32.2. The predicted molar refractivity (Wildman–Crippen MR) is 76.9 cm³/mol. The van der Waals surface area contributed by atoms with Crippen LogP contribution in [0.1, 0.15) is 12.0 Å². The molecule has 1 unspecified atom stereocenters. The quantitative estimate of drug-likeness (QED) is 0.628. The number of nitriles is 1. The van der Waals surface area contributed by atoms with Gasteiger partial charge in [0.2, 0.25) is 0 Å². The van der Waals surface area contributed by atoms with Gasteiger partial charge in [0.15, 0.2) is 9.84 Å². The lowest BCUT2D eigenvalue weighted by molar-refractivity contribution is -0.117. The second-order valence-corrected chi connectivity index (χ2v) is 7.06. The van der Waals surface area contributed by atoms with E-state index in [-0.39, 0.29) is 22.8 Å². The van der Waals surface area contributed by atoms with E-state index in [2.05, 4.69) is 5.32 Å². The van der Waals surface area contributed by atoms with Crippen molar-refractivity contribution in [3.8, 4) is 11.8 Å². The molecule has 7 heteroatoms. The molecule has 1 amide bonds. The van der Waals surface area contributed by atoms with Crippen molar-refractivity contribution in [3.05, 3.63) is 35.4 Å². The van der Waals surface area contributed by atoms with Crippen LogP contribution in [0.25, 0.3) is 6.08 Å². The van der Waals surface area contributed by atoms with Gasteiger partial charge in [-0.25, -0.2) is 8.42 Å². The van der Waals surface area contributed by atoms with Crippen LogP contribution in [0.5, 0.6) is 5.75 Å². The summed E-state index contributed by atoms with van der Waals surface area (Å²) in [7, 11) is -3.08. The Morgan fingerprint density at radius 1 is 1.38 bits per heavy atom. The number of carbonyl (C=O) groups excluding carboxylic acids is 1. The number of carbonyl (C=O) groups is 1. The van der Waals surface area contributed by atoms with Gasteiger partial charge in [0, 0.05) is 6.04 Å². The van der Waals surface area contributed by atoms with E-state index in [9.17, 15) is 18.3 Å². The van der Waals surface area contributed by atoms with Gasteiger partial charge < -0.3 is 10.4 Å². The Kier molecular flexibility index (Phi) is 4.29. The lowest BCUT2D eigenvalue weighted by atomic mass is 10.1. The van der Waals surface area contributed by atoms with E-state index in [1.807, 2.05) is 0 Å². The molecule has 2 rings (SSSR count). The first-order valence-electron chi connectivity index (χ1n) is 6.32. The molecule has 0 saturated carbocycles. The van der Waals surface area contributed by atoms with Crippen molar-refractivity contribution in [2.24, 2.45) is 0 Å². The fourth-order valence-electron chi connectivity index (χ4n) is 2.06. The minimum absolute atomic E-state index is 0.0571. The number of nitrogens with one attached hydrogen (secondary N) is 1. The topological polar surface area (TPSA) is 107 Å². The van der Waals surface area contributed by atoms with Gasteiger partial charge in [-0.15, -0.1) is 0 Å². The van der Waals surface area contributed by atoms with Gasteiger partial charge in [0.25, 0.3) is 5.91 Å². The summed E-state index contributed by atoms with van der Waals surface area (Å²) in [6.45, 7) is 0. The molecular formula is C14H14N2O4S. The summed E-state index contributed by atoms with van der Waals surface area (Å²) >= 11 is 0. The summed E-state index contributed by atoms with van der Waals surface area (Å²) in [5.74, 6) is -0.531. The van der Waals surface area contributed by atoms with Crippen LogP contribution < -0.4 is 5.32 Å². The van der Waals surface area contributed by atoms with Gasteiger partial charge in [-0.05, 0) is 30.2 Å². The SMILES string of the molecule is N#C/C(=C\c1ccc(O)cc1)C(=O)NC1CCS(=O)(=O)C1. The minimum Gasteiger partial charge on any atom is -0.508 e. The first-order valence-corrected chi connectivity index (χ1v) is 8.14. The van der Waals surface area contributed by atoms with Crippen LogP contribution in [0.3, 0.4) is 0 Å². The Labute approximate surface area is 122 Å². The van der Waals surface area contributed by atoms with Gasteiger partial charge >= 0.3 is 0 Å². The highest BCUT2D eigenvalue weighted by molar-refractivity contribution is 7.91. The van der Waals surface area contributed by atoms with Crippen molar-refractivity contribution in [2.75, 3.05) is 11.5 Å². The zero-order valence-electron chi connectivity index (χ0n) is 11.1. The molecule has 1 fully saturated rings. The number of phenolic OH excluding ortho intramolecular Hbond substituents is 1. The number of rotatable bonds is 3. The molecular weight excluding hydrogens is 292 g/mol. The van der Waals surface area contributed by atoms with Crippen LogP contribution in [0.15, 0.2) is 29.8 Å². The third-order valence-corrected chi connectivity index (χ3v) is 4.90. The van der Waals surface area contributed by atoms with E-state index >= 15 is 0 Å². The summed E-state index contributed by atoms with van der Waals surface area (Å²) in [4.78, 5) is 12.0. The van der Waals surface area contributed by atoms with Crippen molar-refractivity contribution in [1.29, 1.82) is 5.26 Å². The number of phenols is 1. The van der Waals surface area contributed by atoms with Gasteiger partial charge in [0.1, 0.15) is 17.4 Å². The molecule has 1 heterocycles. The second kappa shape index (κ2) is 5.97. The fraction of sp³-hybridized carbons (Fsp3) is 0.286. The number of nitrogens with zero attached hydrogens (tertiary/aromatic N) is 1. The van der Waals surface area contributed by atoms with Crippen molar-refractivity contribution in [3.63, 3.8) is 0 Å². The number of amides is 1. The van der Waals surface area contributed by atoms with Crippen LogP contribution >= 0.6 is 0 Å². The van der Waals surface area contributed by atoms with Crippen molar-refractivity contribution < 1.29 is 18.3 Å². The number of hydrogen-bond acceptors (Lipinski definition) is 5. The molecule has 1 aliphatic rings. The van der Waals surface area contributed by atoms with Crippen LogP contribution in [0.4, 0.5) is 0 Å². The molecule has 21 heavy (non-hydrogen) atoms. The smallest absolute Gasteiger partial charge is 0.262 e. The Bertz CT molecular complexity index is 714. The molecule has 0 radical (unpaired) electrons. The van der Waals surface area contributed by atoms with Gasteiger partial charge in [-0.1, -0.05) is 12.1 Å². The van der Waals surface area contributed by atoms with Crippen LogP contribution in [-0.4, -0.2) is 37.0 Å². The predicted octanol–water partition coefficient (Wildman–Crippen LogP) is 0.602. The average molecular weight is 306 g/mol. The maximum Gasteiger partial charge on any atom is 0.262 e. The zero-order chi connectivity index (χ0) is 15.5. The zero-order valence-corrected chi connectivity index (χ0v) is 11.9. The lowest BCUT2D eigenvalue weighted by Crippen LogP contribution is -2.36.